The minimum absolute atomic E-state index is 0.247. The maximum atomic E-state index is 12.9. The zero-order valence-electron chi connectivity index (χ0n) is 13.9. The molecule has 8 heteroatoms. The van der Waals surface area contributed by atoms with E-state index >= 15 is 0 Å². The van der Waals surface area contributed by atoms with Crippen molar-refractivity contribution in [2.45, 2.75) is 16.6 Å². The number of hydrogen-bond acceptors (Lipinski definition) is 7. The number of carbonyl (C=O) groups excluding carboxylic acids is 1. The summed E-state index contributed by atoms with van der Waals surface area (Å²) in [6.07, 6.45) is 0. The summed E-state index contributed by atoms with van der Waals surface area (Å²) in [5, 5.41) is 12.2. The zero-order chi connectivity index (χ0) is 18.4. The second-order valence-corrected chi connectivity index (χ2v) is 7.53. The van der Waals surface area contributed by atoms with Crippen molar-refractivity contribution in [3.05, 3.63) is 71.0 Å². The van der Waals surface area contributed by atoms with Crippen molar-refractivity contribution >= 4 is 34.2 Å². The van der Waals surface area contributed by atoms with Gasteiger partial charge in [0.25, 0.3) is 0 Å². The quantitative estimate of drug-likeness (QED) is 0.478. The van der Waals surface area contributed by atoms with Crippen LogP contribution < -0.4 is 5.32 Å². The summed E-state index contributed by atoms with van der Waals surface area (Å²) < 4.78 is 18.4. The van der Waals surface area contributed by atoms with Gasteiger partial charge in [-0.05, 0) is 35.4 Å². The first kappa shape index (κ1) is 18.3. The smallest absolute Gasteiger partial charge is 0.337 e. The van der Waals surface area contributed by atoms with E-state index < -0.39 is 0 Å². The molecular formula is C18H16FN3O2S2. The highest BCUT2D eigenvalue weighted by Gasteiger charge is 2.07. The van der Waals surface area contributed by atoms with Crippen LogP contribution in [0.25, 0.3) is 0 Å². The fourth-order valence-corrected chi connectivity index (χ4v) is 3.82. The molecule has 0 aliphatic rings. The number of aromatic nitrogens is 2. The molecule has 0 fully saturated rings. The van der Waals surface area contributed by atoms with Gasteiger partial charge in [-0.2, -0.15) is 0 Å². The number of esters is 1. The van der Waals surface area contributed by atoms with E-state index in [1.54, 1.807) is 36.0 Å². The van der Waals surface area contributed by atoms with Crippen molar-refractivity contribution in [2.75, 3.05) is 12.4 Å². The summed E-state index contributed by atoms with van der Waals surface area (Å²) in [6.45, 7) is 0.564. The number of rotatable bonds is 7. The van der Waals surface area contributed by atoms with Crippen LogP contribution in [0.2, 0.25) is 0 Å². The van der Waals surface area contributed by atoms with E-state index in [1.807, 2.05) is 12.1 Å². The largest absolute Gasteiger partial charge is 0.465 e. The van der Waals surface area contributed by atoms with E-state index in [9.17, 15) is 9.18 Å². The third kappa shape index (κ3) is 5.03. The third-order valence-corrected chi connectivity index (χ3v) is 5.59. The lowest BCUT2D eigenvalue weighted by atomic mass is 10.1. The van der Waals surface area contributed by atoms with Gasteiger partial charge in [0.05, 0.1) is 12.7 Å². The van der Waals surface area contributed by atoms with Gasteiger partial charge < -0.3 is 10.1 Å². The van der Waals surface area contributed by atoms with E-state index in [2.05, 4.69) is 20.3 Å². The van der Waals surface area contributed by atoms with Gasteiger partial charge in [0.15, 0.2) is 4.34 Å². The molecule has 0 unspecified atom stereocenters. The Labute approximate surface area is 158 Å². The Balaban J connectivity index is 1.50. The number of benzene rings is 2. The van der Waals surface area contributed by atoms with Gasteiger partial charge in [-0.25, -0.2) is 9.18 Å². The fraction of sp³-hybridized carbons (Fsp3) is 0.167. The standard InChI is InChI=1S/C18H16FN3O2S2/c1-24-16(23)14-6-2-13(3-7-14)11-25-18-22-21-17(26-18)20-10-12-4-8-15(19)9-5-12/h2-9H,10-11H2,1H3,(H,20,21). The first-order valence-electron chi connectivity index (χ1n) is 7.76. The van der Waals surface area contributed by atoms with Crippen molar-refractivity contribution < 1.29 is 13.9 Å². The third-order valence-electron chi connectivity index (χ3n) is 3.50. The Bertz CT molecular complexity index is 867. The van der Waals surface area contributed by atoms with Crippen molar-refractivity contribution in [3.8, 4) is 0 Å². The predicted octanol–water partition coefficient (Wildman–Crippen LogP) is 4.37. The Hall–Kier alpha value is -2.45. The van der Waals surface area contributed by atoms with E-state index in [0.717, 1.165) is 26.4 Å². The Morgan fingerprint density at radius 1 is 1.12 bits per heavy atom. The summed E-state index contributed by atoms with van der Waals surface area (Å²) >= 11 is 3.04. The lowest BCUT2D eigenvalue weighted by molar-refractivity contribution is 0.0600. The number of hydrogen-bond donors (Lipinski definition) is 1. The van der Waals surface area contributed by atoms with Crippen LogP contribution in [0.15, 0.2) is 52.9 Å². The van der Waals surface area contributed by atoms with Crippen LogP contribution in [-0.4, -0.2) is 23.3 Å². The summed E-state index contributed by atoms with van der Waals surface area (Å²) in [6, 6.07) is 13.6. The summed E-state index contributed by atoms with van der Waals surface area (Å²) in [4.78, 5) is 11.4. The van der Waals surface area contributed by atoms with Crippen LogP contribution in [0.5, 0.6) is 0 Å². The average Bonchev–Trinajstić information content (AvgIpc) is 3.13. The molecule has 0 aliphatic carbocycles. The molecule has 134 valence electrons. The van der Waals surface area contributed by atoms with Crippen LogP contribution in [-0.2, 0) is 17.0 Å². The molecule has 2 aromatic carbocycles. The number of anilines is 1. The molecule has 26 heavy (non-hydrogen) atoms. The highest BCUT2D eigenvalue weighted by atomic mass is 32.2. The number of methoxy groups -OCH3 is 1. The molecule has 0 bridgehead atoms. The van der Waals surface area contributed by atoms with Gasteiger partial charge in [0.1, 0.15) is 5.82 Å². The molecular weight excluding hydrogens is 373 g/mol. The Kier molecular flexibility index (Phi) is 6.19. The Morgan fingerprint density at radius 2 is 1.81 bits per heavy atom. The van der Waals surface area contributed by atoms with Crippen LogP contribution in [0.4, 0.5) is 9.52 Å². The molecule has 0 radical (unpaired) electrons. The molecule has 0 atom stereocenters. The van der Waals surface area contributed by atoms with E-state index in [4.69, 9.17) is 0 Å². The normalized spacial score (nSPS) is 10.5. The van der Waals surface area contributed by atoms with Crippen LogP contribution >= 0.6 is 23.1 Å². The summed E-state index contributed by atoms with van der Waals surface area (Å²) in [5.74, 6) is 0.141. The van der Waals surface area contributed by atoms with Gasteiger partial charge in [0.2, 0.25) is 5.13 Å². The molecule has 0 spiro atoms. The highest BCUT2D eigenvalue weighted by molar-refractivity contribution is 8.00. The second kappa shape index (κ2) is 8.77. The second-order valence-electron chi connectivity index (χ2n) is 5.33. The van der Waals surface area contributed by atoms with E-state index in [0.29, 0.717) is 12.1 Å². The van der Waals surface area contributed by atoms with Gasteiger partial charge in [-0.1, -0.05) is 47.4 Å². The monoisotopic (exact) mass is 389 g/mol. The molecule has 0 saturated heterocycles. The Morgan fingerprint density at radius 3 is 2.50 bits per heavy atom. The first-order valence-corrected chi connectivity index (χ1v) is 9.56. The molecule has 3 rings (SSSR count). The number of nitrogens with zero attached hydrogens (tertiary/aromatic N) is 2. The topological polar surface area (TPSA) is 64.1 Å². The molecule has 3 aromatic rings. The van der Waals surface area contributed by atoms with Crippen LogP contribution in [0.3, 0.4) is 0 Å². The fourth-order valence-electron chi connectivity index (χ4n) is 2.12. The molecule has 0 saturated carbocycles. The number of thioether (sulfide) groups is 1. The molecule has 1 aromatic heterocycles. The maximum Gasteiger partial charge on any atom is 0.337 e. The molecule has 1 heterocycles. The van der Waals surface area contributed by atoms with Crippen molar-refractivity contribution in [1.29, 1.82) is 0 Å². The summed E-state index contributed by atoms with van der Waals surface area (Å²) in [5.41, 5.74) is 2.59. The predicted molar refractivity (Wildman–Crippen MR) is 101 cm³/mol. The molecule has 0 aliphatic heterocycles. The van der Waals surface area contributed by atoms with E-state index in [-0.39, 0.29) is 11.8 Å². The maximum absolute atomic E-state index is 12.9. The summed E-state index contributed by atoms with van der Waals surface area (Å²) in [7, 11) is 1.36. The van der Waals surface area contributed by atoms with Crippen molar-refractivity contribution in [3.63, 3.8) is 0 Å². The average molecular weight is 389 g/mol. The lowest BCUT2D eigenvalue weighted by Crippen LogP contribution is -2.00. The number of halogens is 1. The number of ether oxygens (including phenoxy) is 1. The zero-order valence-corrected chi connectivity index (χ0v) is 15.6. The van der Waals surface area contributed by atoms with Gasteiger partial charge >= 0.3 is 5.97 Å². The molecule has 5 nitrogen and oxygen atoms in total. The number of carbonyl (C=O) groups is 1. The van der Waals surface area contributed by atoms with Gasteiger partial charge in [-0.3, -0.25) is 0 Å². The van der Waals surface area contributed by atoms with E-state index in [1.165, 1.54) is 30.6 Å². The number of nitrogens with one attached hydrogen (secondary N) is 1. The minimum atomic E-state index is -0.342. The first-order chi connectivity index (χ1) is 12.6. The van der Waals surface area contributed by atoms with Crippen LogP contribution in [0.1, 0.15) is 21.5 Å². The van der Waals surface area contributed by atoms with Gasteiger partial charge in [-0.15, -0.1) is 10.2 Å². The van der Waals surface area contributed by atoms with Crippen molar-refractivity contribution in [1.82, 2.24) is 10.2 Å². The van der Waals surface area contributed by atoms with Gasteiger partial charge in [0, 0.05) is 12.3 Å². The lowest BCUT2D eigenvalue weighted by Gasteiger charge is -2.02. The van der Waals surface area contributed by atoms with Crippen molar-refractivity contribution in [2.24, 2.45) is 0 Å². The molecule has 1 N–H and O–H groups in total. The van der Waals surface area contributed by atoms with Crippen LogP contribution in [0, 0.1) is 5.82 Å². The highest BCUT2D eigenvalue weighted by Crippen LogP contribution is 2.28. The minimum Gasteiger partial charge on any atom is -0.465 e. The SMILES string of the molecule is COC(=O)c1ccc(CSc2nnc(NCc3ccc(F)cc3)s2)cc1. The molecule has 0 amide bonds.